The number of alkyl halides is 3. The van der Waals surface area contributed by atoms with Crippen molar-refractivity contribution in [1.29, 1.82) is 0 Å². The predicted molar refractivity (Wildman–Crippen MR) is 85.7 cm³/mol. The smallest absolute Gasteiger partial charge is 0.236 e. The van der Waals surface area contributed by atoms with Crippen LogP contribution in [0.15, 0.2) is 47.5 Å². The molecule has 0 bridgehead atoms. The number of primary sulfonamides is 1. The lowest BCUT2D eigenvalue weighted by molar-refractivity contribution is -0.144. The zero-order valence-electron chi connectivity index (χ0n) is 13.3. The van der Waals surface area contributed by atoms with Crippen molar-refractivity contribution >= 4 is 10.0 Å². The minimum atomic E-state index is -4.74. The summed E-state index contributed by atoms with van der Waals surface area (Å²) in [6.45, 7) is 1.84. The van der Waals surface area contributed by atoms with Crippen LogP contribution in [0.4, 0.5) is 13.2 Å². The number of sulfonamides is 1. The summed E-state index contributed by atoms with van der Waals surface area (Å²) in [5.41, 5.74) is 1.32. The van der Waals surface area contributed by atoms with Crippen LogP contribution in [-0.2, 0) is 16.2 Å². The predicted octanol–water partition coefficient (Wildman–Crippen LogP) is 2.30. The van der Waals surface area contributed by atoms with Crippen LogP contribution in [0.3, 0.4) is 0 Å². The van der Waals surface area contributed by atoms with E-state index in [9.17, 15) is 21.6 Å². The fourth-order valence-corrected chi connectivity index (χ4v) is 2.60. The average molecular weight is 383 g/mol. The lowest BCUT2D eigenvalue weighted by atomic mass is 10.1. The average Bonchev–Trinajstić information content (AvgIpc) is 3.00. The van der Waals surface area contributed by atoms with Gasteiger partial charge in [0, 0.05) is 11.8 Å². The second-order valence-electron chi connectivity index (χ2n) is 5.43. The molecule has 0 amide bonds. The maximum atomic E-state index is 13.0. The minimum Gasteiger partial charge on any atom is -0.236 e. The summed E-state index contributed by atoms with van der Waals surface area (Å²) in [6, 6.07) is 8.99. The van der Waals surface area contributed by atoms with Crippen molar-refractivity contribution in [3.8, 4) is 17.2 Å². The van der Waals surface area contributed by atoms with Gasteiger partial charge in [-0.2, -0.15) is 17.9 Å². The lowest BCUT2D eigenvalue weighted by Crippen LogP contribution is -2.13. The summed E-state index contributed by atoms with van der Waals surface area (Å²) in [6.07, 6.45) is -3.80. The van der Waals surface area contributed by atoms with Crippen molar-refractivity contribution in [2.45, 2.75) is 18.0 Å². The van der Waals surface area contributed by atoms with Crippen LogP contribution in [0.5, 0.6) is 0 Å². The summed E-state index contributed by atoms with van der Waals surface area (Å²) in [7, 11) is -3.97. The van der Waals surface area contributed by atoms with E-state index in [1.807, 2.05) is 6.92 Å². The van der Waals surface area contributed by atoms with E-state index < -0.39 is 22.0 Å². The molecule has 0 fully saturated rings. The first-order chi connectivity index (χ1) is 12.1. The Hall–Kier alpha value is -2.79. The molecule has 0 spiro atoms. The quantitative estimate of drug-likeness (QED) is 0.747. The van der Waals surface area contributed by atoms with Crippen LogP contribution in [0, 0.1) is 6.92 Å². The van der Waals surface area contributed by atoms with Crippen LogP contribution in [0.1, 0.15) is 11.4 Å². The van der Waals surface area contributed by atoms with Gasteiger partial charge in [0.2, 0.25) is 10.0 Å². The van der Waals surface area contributed by atoms with Gasteiger partial charge in [0.05, 0.1) is 0 Å². The summed E-state index contributed by atoms with van der Waals surface area (Å²) in [4.78, 5) is 7.15. The van der Waals surface area contributed by atoms with Gasteiger partial charge in [-0.25, -0.2) is 23.5 Å². The maximum absolute atomic E-state index is 13.0. The van der Waals surface area contributed by atoms with Crippen molar-refractivity contribution < 1.29 is 21.6 Å². The van der Waals surface area contributed by atoms with Crippen LogP contribution >= 0.6 is 0 Å². The molecule has 3 rings (SSSR count). The lowest BCUT2D eigenvalue weighted by Gasteiger charge is -2.06. The summed E-state index contributed by atoms with van der Waals surface area (Å²) >= 11 is 0. The van der Waals surface area contributed by atoms with E-state index in [1.165, 1.54) is 6.07 Å². The Morgan fingerprint density at radius 3 is 2.23 bits per heavy atom. The highest BCUT2D eigenvalue weighted by Gasteiger charge is 2.37. The molecule has 0 atom stereocenters. The van der Waals surface area contributed by atoms with Crippen molar-refractivity contribution in [3.05, 3.63) is 54.0 Å². The molecule has 0 radical (unpaired) electrons. The van der Waals surface area contributed by atoms with E-state index in [4.69, 9.17) is 5.14 Å². The number of hydrogen-bond acceptors (Lipinski definition) is 5. The number of nitrogens with zero attached hydrogens (tertiary/aromatic N) is 4. The molecule has 26 heavy (non-hydrogen) atoms. The topological polar surface area (TPSA) is 104 Å². The highest BCUT2D eigenvalue weighted by molar-refractivity contribution is 7.89. The SMILES string of the molecule is Cc1ccc(-c2nc(C(F)(F)F)nn2-c2ccc(S(N)(=O)=O)cn2)cc1. The molecule has 136 valence electrons. The third kappa shape index (κ3) is 3.58. The molecule has 0 saturated carbocycles. The fourth-order valence-electron chi connectivity index (χ4n) is 2.15. The van der Waals surface area contributed by atoms with Crippen molar-refractivity contribution in [1.82, 2.24) is 19.7 Å². The number of benzene rings is 1. The highest BCUT2D eigenvalue weighted by atomic mass is 32.2. The first-order valence-electron chi connectivity index (χ1n) is 7.16. The number of aromatic nitrogens is 4. The standard InChI is InChI=1S/C15H12F3N5O2S/c1-9-2-4-10(5-3-9)13-21-14(15(16,17)18)22-23(13)12-7-6-11(8-20-12)26(19,24)25/h2-8H,1H3,(H2,19,24,25). The molecule has 0 unspecified atom stereocenters. The molecule has 2 heterocycles. The van der Waals surface area contributed by atoms with Gasteiger partial charge in [-0.1, -0.05) is 29.8 Å². The Morgan fingerprint density at radius 2 is 1.73 bits per heavy atom. The van der Waals surface area contributed by atoms with Gasteiger partial charge in [-0.05, 0) is 19.1 Å². The summed E-state index contributed by atoms with van der Waals surface area (Å²) in [5.74, 6) is -1.44. The van der Waals surface area contributed by atoms with Gasteiger partial charge >= 0.3 is 6.18 Å². The third-order valence-corrected chi connectivity index (χ3v) is 4.34. The number of halogens is 3. The van der Waals surface area contributed by atoms with E-state index in [0.717, 1.165) is 22.5 Å². The first-order valence-corrected chi connectivity index (χ1v) is 8.71. The van der Waals surface area contributed by atoms with Crippen LogP contribution in [0.25, 0.3) is 17.2 Å². The molecule has 0 aliphatic carbocycles. The van der Waals surface area contributed by atoms with E-state index in [2.05, 4.69) is 15.1 Å². The van der Waals surface area contributed by atoms with E-state index in [1.54, 1.807) is 24.3 Å². The highest BCUT2D eigenvalue weighted by Crippen LogP contribution is 2.30. The molecule has 1 aromatic carbocycles. The van der Waals surface area contributed by atoms with E-state index in [0.29, 0.717) is 5.56 Å². The molecule has 2 aromatic heterocycles. The summed E-state index contributed by atoms with van der Waals surface area (Å²) < 4.78 is 62.6. The van der Waals surface area contributed by atoms with Crippen LogP contribution in [0.2, 0.25) is 0 Å². The van der Waals surface area contributed by atoms with E-state index in [-0.39, 0.29) is 16.5 Å². The monoisotopic (exact) mass is 383 g/mol. The second-order valence-corrected chi connectivity index (χ2v) is 6.99. The number of nitrogens with two attached hydrogens (primary N) is 1. The molecule has 2 N–H and O–H groups in total. The minimum absolute atomic E-state index is 0.0315. The van der Waals surface area contributed by atoms with Crippen molar-refractivity contribution in [2.24, 2.45) is 5.14 Å². The molecule has 0 saturated heterocycles. The third-order valence-electron chi connectivity index (χ3n) is 3.44. The van der Waals surface area contributed by atoms with Crippen molar-refractivity contribution in [3.63, 3.8) is 0 Å². The Morgan fingerprint density at radius 1 is 1.08 bits per heavy atom. The second kappa shape index (κ2) is 6.18. The number of rotatable bonds is 3. The first kappa shape index (κ1) is 18.0. The van der Waals surface area contributed by atoms with Gasteiger partial charge in [0.25, 0.3) is 5.82 Å². The molecular weight excluding hydrogens is 371 g/mol. The normalized spacial score (nSPS) is 12.3. The summed E-state index contributed by atoms with van der Waals surface area (Å²) in [5, 5.41) is 8.47. The van der Waals surface area contributed by atoms with Gasteiger partial charge in [0.1, 0.15) is 4.90 Å². The maximum Gasteiger partial charge on any atom is 0.453 e. The largest absolute Gasteiger partial charge is 0.453 e. The van der Waals surface area contributed by atoms with Gasteiger partial charge in [-0.3, -0.25) is 0 Å². The Bertz CT molecular complexity index is 1040. The van der Waals surface area contributed by atoms with E-state index >= 15 is 0 Å². The van der Waals surface area contributed by atoms with Crippen LogP contribution in [-0.4, -0.2) is 28.2 Å². The van der Waals surface area contributed by atoms with Crippen LogP contribution < -0.4 is 5.14 Å². The number of pyridine rings is 1. The Kier molecular flexibility index (Phi) is 4.28. The van der Waals surface area contributed by atoms with Crippen molar-refractivity contribution in [2.75, 3.05) is 0 Å². The number of hydrogen-bond donors (Lipinski definition) is 1. The molecule has 11 heteroatoms. The molecule has 3 aromatic rings. The Labute approximate surface area is 146 Å². The molecular formula is C15H12F3N5O2S. The molecule has 0 aliphatic rings. The number of aryl methyl sites for hydroxylation is 1. The fraction of sp³-hybridized carbons (Fsp3) is 0.133. The molecule has 0 aliphatic heterocycles. The van der Waals surface area contributed by atoms with Gasteiger partial charge in [0.15, 0.2) is 11.6 Å². The zero-order valence-corrected chi connectivity index (χ0v) is 14.1. The van der Waals surface area contributed by atoms with Gasteiger partial charge in [-0.15, -0.1) is 5.10 Å². The Balaban J connectivity index is 2.16. The van der Waals surface area contributed by atoms with Gasteiger partial charge < -0.3 is 0 Å². The molecule has 7 nitrogen and oxygen atoms in total. The zero-order chi connectivity index (χ0) is 19.1.